The van der Waals surface area contributed by atoms with Crippen molar-refractivity contribution in [3.63, 3.8) is 0 Å². The maximum Gasteiger partial charge on any atom is 0.255 e. The molecule has 1 unspecified atom stereocenters. The van der Waals surface area contributed by atoms with E-state index < -0.39 is 11.9 Å². The largest absolute Gasteiger partial charge is 0.487 e. The number of carbonyl (C=O) groups is 3. The van der Waals surface area contributed by atoms with Crippen LogP contribution in [0.25, 0.3) is 0 Å². The van der Waals surface area contributed by atoms with Crippen LogP contribution in [-0.2, 0) is 35.8 Å². The lowest BCUT2D eigenvalue weighted by atomic mass is 10.0. The van der Waals surface area contributed by atoms with E-state index in [0.29, 0.717) is 43.1 Å². The molecule has 0 bridgehead atoms. The van der Waals surface area contributed by atoms with Crippen LogP contribution in [0.1, 0.15) is 45.6 Å². The van der Waals surface area contributed by atoms with Crippen molar-refractivity contribution >= 4 is 17.7 Å². The standard InChI is InChI=1S/C26H28N6O5/c33-11-10-27-12-17-4-6-18(7-5-17)13-31-14-19(29-30-31)16-37-23-3-1-2-20-21(23)15-32(26(20)36)22-8-9-24(34)28-25(22)35/h1-7,14,22,27,33H,8-13,15-16H2,(H,28,34,35). The summed E-state index contributed by atoms with van der Waals surface area (Å²) in [5.74, 6) is -0.438. The first-order valence-corrected chi connectivity index (χ1v) is 12.2. The third kappa shape index (κ3) is 5.52. The molecule has 2 aliphatic heterocycles. The molecule has 3 N–H and O–H groups in total. The second kappa shape index (κ2) is 10.9. The van der Waals surface area contributed by atoms with Crippen molar-refractivity contribution in [3.05, 3.63) is 76.6 Å². The summed E-state index contributed by atoms with van der Waals surface area (Å²) in [6, 6.07) is 12.7. The topological polar surface area (TPSA) is 139 Å². The number of rotatable bonds is 10. The van der Waals surface area contributed by atoms with Crippen LogP contribution in [-0.4, -0.2) is 61.9 Å². The van der Waals surface area contributed by atoms with Crippen molar-refractivity contribution < 1.29 is 24.2 Å². The van der Waals surface area contributed by atoms with Crippen molar-refractivity contribution in [3.8, 4) is 5.75 Å². The highest BCUT2D eigenvalue weighted by atomic mass is 16.5. The molecule has 3 heterocycles. The van der Waals surface area contributed by atoms with E-state index in [1.165, 1.54) is 4.90 Å². The Balaban J connectivity index is 1.19. The highest BCUT2D eigenvalue weighted by Crippen LogP contribution is 2.33. The number of nitrogens with one attached hydrogen (secondary N) is 2. The SMILES string of the molecule is O=C1CCC(N2Cc3c(OCc4cn(Cc5ccc(CNCCO)cc5)nn4)cccc3C2=O)C(=O)N1. The molecule has 11 heteroatoms. The Hall–Kier alpha value is -4.09. The van der Waals surface area contributed by atoms with E-state index in [0.717, 1.165) is 16.7 Å². The number of hydrogen-bond acceptors (Lipinski definition) is 8. The number of carbonyl (C=O) groups excluding carboxylic acids is 3. The Labute approximate surface area is 213 Å². The Morgan fingerprint density at radius 2 is 1.92 bits per heavy atom. The minimum atomic E-state index is -0.670. The number of aliphatic hydroxyl groups is 1. The van der Waals surface area contributed by atoms with Gasteiger partial charge in [-0.2, -0.15) is 0 Å². The third-order valence-corrected chi connectivity index (χ3v) is 6.49. The summed E-state index contributed by atoms with van der Waals surface area (Å²) in [6.45, 7) is 2.36. The normalized spacial score (nSPS) is 17.2. The molecule has 37 heavy (non-hydrogen) atoms. The van der Waals surface area contributed by atoms with Crippen molar-refractivity contribution in [2.45, 2.75) is 45.1 Å². The van der Waals surface area contributed by atoms with Gasteiger partial charge in [0.25, 0.3) is 5.91 Å². The van der Waals surface area contributed by atoms with Gasteiger partial charge in [0.05, 0.1) is 25.9 Å². The van der Waals surface area contributed by atoms with Gasteiger partial charge in [-0.25, -0.2) is 4.68 Å². The van der Waals surface area contributed by atoms with Gasteiger partial charge >= 0.3 is 0 Å². The Bertz CT molecular complexity index is 1310. The lowest BCUT2D eigenvalue weighted by Gasteiger charge is -2.29. The quantitative estimate of drug-likeness (QED) is 0.272. The van der Waals surface area contributed by atoms with Gasteiger partial charge in [0.15, 0.2) is 0 Å². The molecule has 192 valence electrons. The monoisotopic (exact) mass is 504 g/mol. The predicted octanol–water partition coefficient (Wildman–Crippen LogP) is 0.748. The van der Waals surface area contributed by atoms with E-state index in [1.54, 1.807) is 22.9 Å². The fourth-order valence-electron chi connectivity index (χ4n) is 4.59. The van der Waals surface area contributed by atoms with Gasteiger partial charge in [-0.1, -0.05) is 35.5 Å². The number of piperidine rings is 1. The maximum atomic E-state index is 13.0. The number of imide groups is 1. The molecular formula is C26H28N6O5. The Kier molecular flexibility index (Phi) is 7.24. The van der Waals surface area contributed by atoms with Crippen molar-refractivity contribution in [1.82, 2.24) is 30.5 Å². The third-order valence-electron chi connectivity index (χ3n) is 6.49. The molecule has 1 fully saturated rings. The number of ether oxygens (including phenoxy) is 1. The number of fused-ring (bicyclic) bond motifs is 1. The average Bonchev–Trinajstić information content (AvgIpc) is 3.48. The van der Waals surface area contributed by atoms with Gasteiger partial charge in [-0.05, 0) is 29.7 Å². The van der Waals surface area contributed by atoms with Crippen molar-refractivity contribution in [2.75, 3.05) is 13.2 Å². The molecule has 5 rings (SSSR count). The molecular weight excluding hydrogens is 476 g/mol. The van der Waals surface area contributed by atoms with E-state index in [2.05, 4.69) is 20.9 Å². The number of nitrogens with zero attached hydrogens (tertiary/aromatic N) is 4. The molecule has 1 saturated heterocycles. The van der Waals surface area contributed by atoms with Crippen LogP contribution < -0.4 is 15.4 Å². The van der Waals surface area contributed by atoms with E-state index in [9.17, 15) is 14.4 Å². The molecule has 11 nitrogen and oxygen atoms in total. The average molecular weight is 505 g/mol. The zero-order chi connectivity index (χ0) is 25.8. The smallest absolute Gasteiger partial charge is 0.255 e. The summed E-state index contributed by atoms with van der Waals surface area (Å²) in [5, 5.41) is 22.7. The second-order valence-electron chi connectivity index (χ2n) is 9.10. The van der Waals surface area contributed by atoms with Crippen LogP contribution in [0.3, 0.4) is 0 Å². The zero-order valence-electron chi connectivity index (χ0n) is 20.2. The summed E-state index contributed by atoms with van der Waals surface area (Å²) in [5.41, 5.74) is 4.08. The molecule has 0 spiro atoms. The van der Waals surface area contributed by atoms with Crippen LogP contribution >= 0.6 is 0 Å². The fourth-order valence-corrected chi connectivity index (χ4v) is 4.59. The summed E-state index contributed by atoms with van der Waals surface area (Å²) >= 11 is 0. The first-order chi connectivity index (χ1) is 18.0. The van der Waals surface area contributed by atoms with Gasteiger partial charge in [-0.15, -0.1) is 5.10 Å². The molecule has 0 aliphatic carbocycles. The van der Waals surface area contributed by atoms with E-state index in [1.807, 2.05) is 30.5 Å². The zero-order valence-corrected chi connectivity index (χ0v) is 20.2. The Morgan fingerprint density at radius 1 is 1.11 bits per heavy atom. The first-order valence-electron chi connectivity index (χ1n) is 12.2. The summed E-state index contributed by atoms with van der Waals surface area (Å²) in [6.07, 6.45) is 2.34. The van der Waals surface area contributed by atoms with E-state index >= 15 is 0 Å². The molecule has 2 aromatic carbocycles. The van der Waals surface area contributed by atoms with Crippen LogP contribution in [0.4, 0.5) is 0 Å². The van der Waals surface area contributed by atoms with Gasteiger partial charge in [0.1, 0.15) is 24.1 Å². The van der Waals surface area contributed by atoms with Gasteiger partial charge < -0.3 is 20.1 Å². The molecule has 3 amide bonds. The predicted molar refractivity (Wildman–Crippen MR) is 131 cm³/mol. The number of aliphatic hydroxyl groups excluding tert-OH is 1. The molecule has 3 aromatic rings. The van der Waals surface area contributed by atoms with E-state index in [-0.39, 0.29) is 38.0 Å². The lowest BCUT2D eigenvalue weighted by molar-refractivity contribution is -0.136. The number of benzene rings is 2. The molecule has 1 aromatic heterocycles. The van der Waals surface area contributed by atoms with E-state index in [4.69, 9.17) is 9.84 Å². The van der Waals surface area contributed by atoms with Gasteiger partial charge in [0, 0.05) is 30.6 Å². The lowest BCUT2D eigenvalue weighted by Crippen LogP contribution is -2.52. The minimum absolute atomic E-state index is 0.113. The summed E-state index contributed by atoms with van der Waals surface area (Å²) in [7, 11) is 0. The van der Waals surface area contributed by atoms with Gasteiger partial charge in [0.2, 0.25) is 11.8 Å². The maximum absolute atomic E-state index is 13.0. The number of hydrogen-bond donors (Lipinski definition) is 3. The molecule has 0 saturated carbocycles. The van der Waals surface area contributed by atoms with Crippen LogP contribution in [0.2, 0.25) is 0 Å². The van der Waals surface area contributed by atoms with Crippen molar-refractivity contribution in [2.24, 2.45) is 0 Å². The first kappa shape index (κ1) is 24.6. The molecule has 0 radical (unpaired) electrons. The Morgan fingerprint density at radius 3 is 2.70 bits per heavy atom. The number of aromatic nitrogens is 3. The highest BCUT2D eigenvalue weighted by molar-refractivity contribution is 6.05. The summed E-state index contributed by atoms with van der Waals surface area (Å²) < 4.78 is 7.75. The highest BCUT2D eigenvalue weighted by Gasteiger charge is 2.40. The molecule has 2 aliphatic rings. The fraction of sp³-hybridized carbons (Fsp3) is 0.346. The van der Waals surface area contributed by atoms with Crippen LogP contribution in [0.5, 0.6) is 5.75 Å². The second-order valence-corrected chi connectivity index (χ2v) is 9.10. The van der Waals surface area contributed by atoms with Crippen LogP contribution in [0.15, 0.2) is 48.7 Å². The van der Waals surface area contributed by atoms with Crippen molar-refractivity contribution in [1.29, 1.82) is 0 Å². The number of amides is 3. The minimum Gasteiger partial charge on any atom is -0.487 e. The molecule has 1 atom stereocenters. The van der Waals surface area contributed by atoms with Crippen LogP contribution in [0, 0.1) is 0 Å². The summed E-state index contributed by atoms with van der Waals surface area (Å²) in [4.78, 5) is 38.3. The van der Waals surface area contributed by atoms with Gasteiger partial charge in [-0.3, -0.25) is 19.7 Å².